The number of para-hydroxylation sites is 1. The maximum Gasteiger partial charge on any atom is 0.269 e. The van der Waals surface area contributed by atoms with Gasteiger partial charge in [-0.25, -0.2) is 0 Å². The van der Waals surface area contributed by atoms with E-state index in [9.17, 15) is 20.2 Å². The summed E-state index contributed by atoms with van der Waals surface area (Å²) in [7, 11) is 0. The minimum Gasteiger partial charge on any atom is -0.488 e. The van der Waals surface area contributed by atoms with Crippen LogP contribution in [0, 0.1) is 25.0 Å². The molecule has 154 valence electrons. The molecule has 0 aromatic heterocycles. The van der Waals surface area contributed by atoms with Crippen molar-refractivity contribution >= 4 is 45.9 Å². The number of carbonyl (C=O) groups excluding carboxylic acids is 1. The number of nitrogens with one attached hydrogen (secondary N) is 1. The Morgan fingerprint density at radius 2 is 1.90 bits per heavy atom. The van der Waals surface area contributed by atoms with Crippen molar-refractivity contribution in [3.05, 3.63) is 103 Å². The van der Waals surface area contributed by atoms with Crippen LogP contribution in [-0.4, -0.2) is 10.8 Å². The summed E-state index contributed by atoms with van der Waals surface area (Å²) < 4.78 is 6.55. The third-order valence-electron chi connectivity index (χ3n) is 4.18. The Morgan fingerprint density at radius 3 is 2.58 bits per heavy atom. The minimum absolute atomic E-state index is 0.00842. The molecule has 3 aromatic rings. The third-order valence-corrected chi connectivity index (χ3v) is 5.02. The van der Waals surface area contributed by atoms with Crippen LogP contribution in [0.3, 0.4) is 0 Å². The lowest BCUT2D eigenvalue weighted by Crippen LogP contribution is -2.13. The van der Waals surface area contributed by atoms with E-state index in [-0.39, 0.29) is 17.9 Å². The number of nitrogens with zero attached hydrogens (tertiary/aromatic N) is 2. The van der Waals surface area contributed by atoms with Crippen molar-refractivity contribution in [2.45, 2.75) is 6.61 Å². The van der Waals surface area contributed by atoms with Gasteiger partial charge in [0.2, 0.25) is 0 Å². The molecule has 0 fully saturated rings. The van der Waals surface area contributed by atoms with E-state index >= 15 is 0 Å². The second-order valence-corrected chi connectivity index (χ2v) is 7.56. The van der Waals surface area contributed by atoms with Gasteiger partial charge in [0.05, 0.1) is 8.49 Å². The van der Waals surface area contributed by atoms with Crippen molar-refractivity contribution in [3.63, 3.8) is 0 Å². The number of halogens is 1. The standard InChI is InChI=1S/C23H16IN3O4/c24-21-13-16(11-18(14-25)23(28)26-19-6-2-1-3-7-19)9-10-22(21)31-15-17-5-4-8-20(12-17)27(29)30/h1-13H,15H2,(H,26,28)/b18-11-. The molecule has 0 spiro atoms. The van der Waals surface area contributed by atoms with Gasteiger partial charge in [0.1, 0.15) is 24.0 Å². The number of hydrogen-bond acceptors (Lipinski definition) is 5. The normalized spacial score (nSPS) is 10.8. The van der Waals surface area contributed by atoms with Crippen LogP contribution < -0.4 is 10.1 Å². The Labute approximate surface area is 192 Å². The lowest BCUT2D eigenvalue weighted by Gasteiger charge is -2.09. The maximum absolute atomic E-state index is 12.4. The average molecular weight is 525 g/mol. The van der Waals surface area contributed by atoms with Gasteiger partial charge < -0.3 is 10.1 Å². The highest BCUT2D eigenvalue weighted by Crippen LogP contribution is 2.25. The predicted octanol–water partition coefficient (Wildman–Crippen LogP) is 5.32. The van der Waals surface area contributed by atoms with Crippen LogP contribution in [0.1, 0.15) is 11.1 Å². The zero-order valence-electron chi connectivity index (χ0n) is 16.1. The van der Waals surface area contributed by atoms with Crippen LogP contribution in [0.4, 0.5) is 11.4 Å². The largest absolute Gasteiger partial charge is 0.488 e. The average Bonchev–Trinajstić information content (AvgIpc) is 2.77. The van der Waals surface area contributed by atoms with Crippen molar-refractivity contribution in [3.8, 4) is 11.8 Å². The molecule has 0 radical (unpaired) electrons. The molecular weight excluding hydrogens is 509 g/mol. The first-order valence-corrected chi connectivity index (χ1v) is 10.2. The van der Waals surface area contributed by atoms with Crippen molar-refractivity contribution in [2.75, 3.05) is 5.32 Å². The van der Waals surface area contributed by atoms with Crippen molar-refractivity contribution in [2.24, 2.45) is 0 Å². The molecule has 0 aliphatic heterocycles. The quantitative estimate of drug-likeness (QED) is 0.148. The number of nitro groups is 1. The Balaban J connectivity index is 1.70. The van der Waals surface area contributed by atoms with Gasteiger partial charge in [-0.2, -0.15) is 5.26 Å². The second kappa shape index (κ2) is 10.4. The highest BCUT2D eigenvalue weighted by atomic mass is 127. The number of amides is 1. The number of non-ortho nitro benzene ring substituents is 1. The number of hydrogen-bond donors (Lipinski definition) is 1. The van der Waals surface area contributed by atoms with Gasteiger partial charge in [-0.3, -0.25) is 14.9 Å². The molecule has 0 atom stereocenters. The van der Waals surface area contributed by atoms with Crippen molar-refractivity contribution in [1.82, 2.24) is 0 Å². The predicted molar refractivity (Wildman–Crippen MR) is 125 cm³/mol. The van der Waals surface area contributed by atoms with Crippen LogP contribution in [0.15, 0.2) is 78.4 Å². The van der Waals surface area contributed by atoms with Gasteiger partial charge in [-0.05, 0) is 64.1 Å². The first-order chi connectivity index (χ1) is 15.0. The van der Waals surface area contributed by atoms with Gasteiger partial charge in [-0.1, -0.05) is 36.4 Å². The maximum atomic E-state index is 12.4. The van der Waals surface area contributed by atoms with E-state index in [0.717, 1.165) is 3.57 Å². The zero-order chi connectivity index (χ0) is 22.2. The van der Waals surface area contributed by atoms with E-state index in [1.54, 1.807) is 54.6 Å². The Morgan fingerprint density at radius 1 is 1.13 bits per heavy atom. The van der Waals surface area contributed by atoms with E-state index in [1.807, 2.05) is 12.1 Å². The molecule has 0 unspecified atom stereocenters. The van der Waals surface area contributed by atoms with Crippen LogP contribution in [0.25, 0.3) is 6.08 Å². The Kier molecular flexibility index (Phi) is 7.35. The van der Waals surface area contributed by atoms with E-state index in [0.29, 0.717) is 22.6 Å². The molecule has 0 aliphatic rings. The molecule has 1 amide bonds. The molecule has 7 nitrogen and oxygen atoms in total. The van der Waals surface area contributed by atoms with Crippen LogP contribution >= 0.6 is 22.6 Å². The monoisotopic (exact) mass is 525 g/mol. The van der Waals surface area contributed by atoms with Crippen LogP contribution in [0.5, 0.6) is 5.75 Å². The number of nitro benzene ring substituents is 1. The summed E-state index contributed by atoms with van der Waals surface area (Å²) in [5, 5.41) is 23.0. The topological polar surface area (TPSA) is 105 Å². The van der Waals surface area contributed by atoms with E-state index in [4.69, 9.17) is 4.74 Å². The number of benzene rings is 3. The number of carbonyl (C=O) groups is 1. The molecule has 3 rings (SSSR count). The number of anilines is 1. The summed E-state index contributed by atoms with van der Waals surface area (Å²) in [6, 6.07) is 22.3. The number of ether oxygens (including phenoxy) is 1. The summed E-state index contributed by atoms with van der Waals surface area (Å²) in [6.07, 6.45) is 1.50. The van der Waals surface area contributed by atoms with Gasteiger partial charge in [0.15, 0.2) is 0 Å². The molecule has 3 aromatic carbocycles. The molecule has 0 saturated carbocycles. The summed E-state index contributed by atoms with van der Waals surface area (Å²) >= 11 is 2.09. The first kappa shape index (κ1) is 22.0. The van der Waals surface area contributed by atoms with Gasteiger partial charge in [-0.15, -0.1) is 0 Å². The van der Waals surface area contributed by atoms with Gasteiger partial charge >= 0.3 is 0 Å². The second-order valence-electron chi connectivity index (χ2n) is 6.40. The summed E-state index contributed by atoms with van der Waals surface area (Å²) in [4.78, 5) is 22.8. The molecule has 0 bridgehead atoms. The minimum atomic E-state index is -0.491. The molecule has 0 aliphatic carbocycles. The fourth-order valence-corrected chi connectivity index (χ4v) is 3.38. The smallest absolute Gasteiger partial charge is 0.269 e. The molecule has 1 N–H and O–H groups in total. The summed E-state index contributed by atoms with van der Waals surface area (Å²) in [5.74, 6) is 0.103. The number of nitriles is 1. The molecule has 8 heteroatoms. The molecular formula is C23H16IN3O4. The fourth-order valence-electron chi connectivity index (χ4n) is 2.68. The van der Waals surface area contributed by atoms with E-state index in [2.05, 4.69) is 27.9 Å². The van der Waals surface area contributed by atoms with Crippen molar-refractivity contribution < 1.29 is 14.5 Å². The first-order valence-electron chi connectivity index (χ1n) is 9.10. The SMILES string of the molecule is N#C/C(=C/c1ccc(OCc2cccc([N+](=O)[O-])c2)c(I)c1)C(=O)Nc1ccccc1. The highest BCUT2D eigenvalue weighted by molar-refractivity contribution is 14.1. The summed E-state index contributed by atoms with van der Waals surface area (Å²) in [5.41, 5.74) is 1.94. The molecule has 31 heavy (non-hydrogen) atoms. The molecule has 0 saturated heterocycles. The molecule has 0 heterocycles. The lowest BCUT2D eigenvalue weighted by molar-refractivity contribution is -0.384. The van der Waals surface area contributed by atoms with E-state index < -0.39 is 10.8 Å². The fraction of sp³-hybridized carbons (Fsp3) is 0.0435. The Bertz CT molecular complexity index is 1190. The summed E-state index contributed by atoms with van der Waals surface area (Å²) in [6.45, 7) is 0.176. The van der Waals surface area contributed by atoms with Crippen LogP contribution in [0.2, 0.25) is 0 Å². The van der Waals surface area contributed by atoms with Gasteiger partial charge in [0, 0.05) is 17.8 Å². The van der Waals surface area contributed by atoms with Crippen LogP contribution in [-0.2, 0) is 11.4 Å². The van der Waals surface area contributed by atoms with E-state index in [1.165, 1.54) is 18.2 Å². The van der Waals surface area contributed by atoms with Crippen molar-refractivity contribution in [1.29, 1.82) is 5.26 Å². The van der Waals surface area contributed by atoms with Gasteiger partial charge in [0.25, 0.3) is 11.6 Å². The lowest BCUT2D eigenvalue weighted by atomic mass is 10.1. The highest BCUT2D eigenvalue weighted by Gasteiger charge is 2.11. The Hall–Kier alpha value is -3.71. The zero-order valence-corrected chi connectivity index (χ0v) is 18.3. The number of rotatable bonds is 7. The third kappa shape index (κ3) is 6.13.